The molecule has 0 aromatic carbocycles. The van der Waals surface area contributed by atoms with E-state index in [0.29, 0.717) is 25.9 Å². The van der Waals surface area contributed by atoms with Crippen LogP contribution in [0.2, 0.25) is 0 Å². The molecule has 21 heavy (non-hydrogen) atoms. The van der Waals surface area contributed by atoms with Crippen molar-refractivity contribution in [2.75, 3.05) is 26.0 Å². The number of piperidine rings is 1. The average Bonchev–Trinajstić information content (AvgIpc) is 2.92. The fourth-order valence-electron chi connectivity index (χ4n) is 2.86. The summed E-state index contributed by atoms with van der Waals surface area (Å²) in [7, 11) is -3.12. The summed E-state index contributed by atoms with van der Waals surface area (Å²) in [5, 5.41) is 5.82. The second kappa shape index (κ2) is 6.93. The van der Waals surface area contributed by atoms with E-state index in [1.807, 2.05) is 6.92 Å². The molecule has 0 aromatic rings. The number of rotatable bonds is 4. The maximum absolute atomic E-state index is 11.9. The lowest BCUT2D eigenvalue weighted by molar-refractivity contribution is 0.0857. The molecule has 7 nitrogen and oxygen atoms in total. The summed E-state index contributed by atoms with van der Waals surface area (Å²) in [4.78, 5) is 11.9. The lowest BCUT2D eigenvalue weighted by Crippen LogP contribution is -2.52. The Kier molecular flexibility index (Phi) is 5.45. The average molecular weight is 319 g/mol. The van der Waals surface area contributed by atoms with Gasteiger partial charge in [0.15, 0.2) is 0 Å². The zero-order valence-electron chi connectivity index (χ0n) is 12.7. The van der Waals surface area contributed by atoms with Gasteiger partial charge in [0.25, 0.3) is 0 Å². The summed E-state index contributed by atoms with van der Waals surface area (Å²) >= 11 is 0. The predicted octanol–water partition coefficient (Wildman–Crippen LogP) is 0.277. The third-order valence-corrected chi connectivity index (χ3v) is 5.44. The molecule has 8 heteroatoms. The third-order valence-electron chi connectivity index (χ3n) is 4.14. The van der Waals surface area contributed by atoms with Crippen LogP contribution in [0, 0.1) is 0 Å². The van der Waals surface area contributed by atoms with Crippen molar-refractivity contribution in [3.05, 3.63) is 0 Å². The number of carbonyl (C=O) groups excluding carboxylic acids is 1. The minimum Gasteiger partial charge on any atom is -0.376 e. The first-order chi connectivity index (χ1) is 9.86. The van der Waals surface area contributed by atoms with Crippen molar-refractivity contribution in [1.82, 2.24) is 14.9 Å². The van der Waals surface area contributed by atoms with Crippen molar-refractivity contribution in [2.45, 2.75) is 50.8 Å². The number of urea groups is 1. The van der Waals surface area contributed by atoms with Gasteiger partial charge in [-0.2, -0.15) is 0 Å². The van der Waals surface area contributed by atoms with Crippen molar-refractivity contribution in [1.29, 1.82) is 0 Å². The van der Waals surface area contributed by atoms with Crippen LogP contribution in [0.15, 0.2) is 0 Å². The molecular formula is C13H25N3O4S. The van der Waals surface area contributed by atoms with Crippen LogP contribution >= 0.6 is 0 Å². The SMILES string of the molecule is C[C@H](NC(=O)NC1CCN(S(C)(=O)=O)CC1)[C@@H]1CCCO1. The van der Waals surface area contributed by atoms with Crippen LogP contribution < -0.4 is 10.6 Å². The van der Waals surface area contributed by atoms with E-state index >= 15 is 0 Å². The Hall–Kier alpha value is -0.860. The first kappa shape index (κ1) is 16.5. The summed E-state index contributed by atoms with van der Waals surface area (Å²) in [6, 6.07) is -0.181. The van der Waals surface area contributed by atoms with Crippen molar-refractivity contribution < 1.29 is 17.9 Å². The second-order valence-corrected chi connectivity index (χ2v) is 7.88. The molecule has 0 bridgehead atoms. The molecule has 2 amide bonds. The zero-order valence-corrected chi connectivity index (χ0v) is 13.5. The van der Waals surface area contributed by atoms with Crippen LogP contribution in [0.4, 0.5) is 4.79 Å². The smallest absolute Gasteiger partial charge is 0.315 e. The molecule has 2 N–H and O–H groups in total. The van der Waals surface area contributed by atoms with Gasteiger partial charge in [0.1, 0.15) is 0 Å². The first-order valence-corrected chi connectivity index (χ1v) is 9.35. The van der Waals surface area contributed by atoms with Crippen LogP contribution in [0.3, 0.4) is 0 Å². The fourth-order valence-corrected chi connectivity index (χ4v) is 3.73. The maximum Gasteiger partial charge on any atom is 0.315 e. The van der Waals surface area contributed by atoms with Crippen LogP contribution in [-0.2, 0) is 14.8 Å². The van der Waals surface area contributed by atoms with E-state index in [2.05, 4.69) is 10.6 Å². The Morgan fingerprint density at radius 1 is 1.29 bits per heavy atom. The number of hydrogen-bond acceptors (Lipinski definition) is 4. The van der Waals surface area contributed by atoms with Crippen molar-refractivity contribution in [2.24, 2.45) is 0 Å². The van der Waals surface area contributed by atoms with E-state index in [9.17, 15) is 13.2 Å². The van der Waals surface area contributed by atoms with E-state index in [-0.39, 0.29) is 24.2 Å². The molecule has 2 rings (SSSR count). The minimum absolute atomic E-state index is 0.0105. The highest BCUT2D eigenvalue weighted by molar-refractivity contribution is 7.88. The van der Waals surface area contributed by atoms with Gasteiger partial charge in [0.2, 0.25) is 10.0 Å². The number of nitrogens with one attached hydrogen (secondary N) is 2. The van der Waals surface area contributed by atoms with Gasteiger partial charge in [-0.25, -0.2) is 17.5 Å². The highest BCUT2D eigenvalue weighted by Crippen LogP contribution is 2.16. The Balaban J connectivity index is 1.71. The highest BCUT2D eigenvalue weighted by Gasteiger charge is 2.27. The molecule has 0 aromatic heterocycles. The van der Waals surface area contributed by atoms with Gasteiger partial charge in [0.05, 0.1) is 18.4 Å². The standard InChI is InChI=1S/C13H25N3O4S/c1-10(12-4-3-9-20-12)14-13(17)15-11-5-7-16(8-6-11)21(2,18)19/h10-12H,3-9H2,1-2H3,(H2,14,15,17)/t10-,12-/m0/s1. The number of ether oxygens (including phenoxy) is 1. The van der Waals surface area contributed by atoms with E-state index in [1.54, 1.807) is 0 Å². The van der Waals surface area contributed by atoms with Crippen molar-refractivity contribution in [3.8, 4) is 0 Å². The number of sulfonamides is 1. The molecular weight excluding hydrogens is 294 g/mol. The monoisotopic (exact) mass is 319 g/mol. The molecule has 2 aliphatic rings. The van der Waals surface area contributed by atoms with Gasteiger partial charge in [-0.05, 0) is 32.6 Å². The summed E-state index contributed by atoms with van der Waals surface area (Å²) in [5.41, 5.74) is 0. The van der Waals surface area contributed by atoms with Gasteiger partial charge in [-0.1, -0.05) is 0 Å². The summed E-state index contributed by atoms with van der Waals surface area (Å²) < 4.78 is 29.8. The molecule has 2 fully saturated rings. The van der Waals surface area contributed by atoms with Gasteiger partial charge < -0.3 is 15.4 Å². The van der Waals surface area contributed by atoms with Crippen LogP contribution in [0.5, 0.6) is 0 Å². The van der Waals surface area contributed by atoms with Gasteiger partial charge >= 0.3 is 6.03 Å². The maximum atomic E-state index is 11.9. The van der Waals surface area contributed by atoms with E-state index in [0.717, 1.165) is 19.4 Å². The molecule has 0 radical (unpaired) electrons. The molecule has 0 saturated carbocycles. The van der Waals surface area contributed by atoms with Crippen LogP contribution in [-0.4, -0.2) is 62.9 Å². The Labute approximate surface area is 126 Å². The minimum atomic E-state index is -3.12. The first-order valence-electron chi connectivity index (χ1n) is 7.50. The normalized spacial score (nSPS) is 26.5. The van der Waals surface area contributed by atoms with E-state index in [1.165, 1.54) is 10.6 Å². The summed E-state index contributed by atoms with van der Waals surface area (Å²) in [5.74, 6) is 0. The van der Waals surface area contributed by atoms with Crippen LogP contribution in [0.1, 0.15) is 32.6 Å². The Morgan fingerprint density at radius 2 is 1.95 bits per heavy atom. The largest absolute Gasteiger partial charge is 0.376 e. The third kappa shape index (κ3) is 4.82. The lowest BCUT2D eigenvalue weighted by atomic mass is 10.1. The Morgan fingerprint density at radius 3 is 2.48 bits per heavy atom. The number of amides is 2. The number of carbonyl (C=O) groups is 1. The molecule has 122 valence electrons. The number of hydrogen-bond donors (Lipinski definition) is 2. The lowest BCUT2D eigenvalue weighted by Gasteiger charge is -2.31. The highest BCUT2D eigenvalue weighted by atomic mass is 32.2. The van der Waals surface area contributed by atoms with Crippen LogP contribution in [0.25, 0.3) is 0 Å². The molecule has 2 aliphatic heterocycles. The van der Waals surface area contributed by atoms with E-state index in [4.69, 9.17) is 4.74 Å². The Bertz CT molecular complexity index is 454. The molecule has 2 saturated heterocycles. The molecule has 0 unspecified atom stereocenters. The fraction of sp³-hybridized carbons (Fsp3) is 0.923. The van der Waals surface area contributed by atoms with E-state index < -0.39 is 10.0 Å². The number of nitrogens with zero attached hydrogens (tertiary/aromatic N) is 1. The molecule has 2 atom stereocenters. The van der Waals surface area contributed by atoms with Crippen molar-refractivity contribution in [3.63, 3.8) is 0 Å². The quantitative estimate of drug-likeness (QED) is 0.779. The van der Waals surface area contributed by atoms with Gasteiger partial charge in [-0.15, -0.1) is 0 Å². The summed E-state index contributed by atoms with van der Waals surface area (Å²) in [6.45, 7) is 3.64. The molecule has 0 spiro atoms. The second-order valence-electron chi connectivity index (χ2n) is 5.89. The topological polar surface area (TPSA) is 87.7 Å². The molecule has 0 aliphatic carbocycles. The van der Waals surface area contributed by atoms with Gasteiger partial charge in [0, 0.05) is 25.7 Å². The summed E-state index contributed by atoms with van der Waals surface area (Å²) in [6.07, 6.45) is 4.64. The van der Waals surface area contributed by atoms with Gasteiger partial charge in [-0.3, -0.25) is 0 Å². The van der Waals surface area contributed by atoms with Crippen molar-refractivity contribution >= 4 is 16.1 Å². The predicted molar refractivity (Wildman–Crippen MR) is 79.5 cm³/mol. The zero-order chi connectivity index (χ0) is 15.5. The molecule has 2 heterocycles.